The van der Waals surface area contributed by atoms with Crippen LogP contribution in [0.15, 0.2) is 42.5 Å². The van der Waals surface area contributed by atoms with Crippen molar-refractivity contribution in [2.75, 3.05) is 7.11 Å². The van der Waals surface area contributed by atoms with Gasteiger partial charge in [0.1, 0.15) is 5.75 Å². The van der Waals surface area contributed by atoms with Gasteiger partial charge in [-0.05, 0) is 31.2 Å². The Morgan fingerprint density at radius 2 is 1.86 bits per heavy atom. The molecule has 5 heteroatoms. The lowest BCUT2D eigenvalue weighted by atomic mass is 10.1. The molecule has 21 heavy (non-hydrogen) atoms. The minimum absolute atomic E-state index is 0.192. The summed E-state index contributed by atoms with van der Waals surface area (Å²) in [5.74, 6) is 0.520. The van der Waals surface area contributed by atoms with Crippen LogP contribution in [-0.4, -0.2) is 13.0 Å². The topological polar surface area (TPSA) is 38.3 Å². The Kier molecular flexibility index (Phi) is 5.10. The minimum Gasteiger partial charge on any atom is -0.496 e. The molecule has 0 unspecified atom stereocenters. The number of methoxy groups -OCH3 is 1. The Balaban J connectivity index is 2.16. The number of ether oxygens (including phenoxy) is 1. The first-order valence-corrected chi connectivity index (χ1v) is 7.17. The van der Waals surface area contributed by atoms with Crippen molar-refractivity contribution in [3.05, 3.63) is 63.6 Å². The van der Waals surface area contributed by atoms with E-state index in [1.165, 1.54) is 0 Å². The number of hydrogen-bond donors (Lipinski definition) is 1. The maximum atomic E-state index is 12.2. The van der Waals surface area contributed by atoms with Gasteiger partial charge < -0.3 is 10.1 Å². The van der Waals surface area contributed by atoms with E-state index in [2.05, 4.69) is 5.32 Å². The molecule has 0 saturated carbocycles. The zero-order chi connectivity index (χ0) is 15.4. The lowest BCUT2D eigenvalue weighted by Crippen LogP contribution is -2.26. The molecular formula is C16H15Cl2NO2. The number of benzene rings is 2. The number of rotatable bonds is 4. The highest BCUT2D eigenvalue weighted by molar-refractivity contribution is 6.42. The summed E-state index contributed by atoms with van der Waals surface area (Å²) >= 11 is 11.8. The average Bonchev–Trinajstić information content (AvgIpc) is 2.49. The van der Waals surface area contributed by atoms with Crippen LogP contribution in [-0.2, 0) is 0 Å². The summed E-state index contributed by atoms with van der Waals surface area (Å²) in [7, 11) is 1.60. The van der Waals surface area contributed by atoms with Crippen LogP contribution in [0.2, 0.25) is 10.0 Å². The Morgan fingerprint density at radius 1 is 1.14 bits per heavy atom. The normalized spacial score (nSPS) is 11.8. The predicted octanol–water partition coefficient (Wildman–Crippen LogP) is 4.49. The largest absolute Gasteiger partial charge is 0.496 e. The van der Waals surface area contributed by atoms with E-state index in [9.17, 15) is 4.79 Å². The third-order valence-corrected chi connectivity index (χ3v) is 3.87. The van der Waals surface area contributed by atoms with Gasteiger partial charge in [0.15, 0.2) is 0 Å². The van der Waals surface area contributed by atoms with Gasteiger partial charge in [-0.2, -0.15) is 0 Å². The molecule has 0 spiro atoms. The van der Waals surface area contributed by atoms with Crippen LogP contribution in [0.1, 0.15) is 28.9 Å². The van der Waals surface area contributed by atoms with E-state index >= 15 is 0 Å². The molecule has 110 valence electrons. The molecule has 1 atom stereocenters. The monoisotopic (exact) mass is 323 g/mol. The number of carbonyl (C=O) groups excluding carboxylic acids is 1. The van der Waals surface area contributed by atoms with E-state index < -0.39 is 0 Å². The van der Waals surface area contributed by atoms with Gasteiger partial charge in [0.25, 0.3) is 5.91 Å². The van der Waals surface area contributed by atoms with Crippen LogP contribution in [0.3, 0.4) is 0 Å². The van der Waals surface area contributed by atoms with Crippen molar-refractivity contribution in [3.8, 4) is 5.75 Å². The number of nitrogens with one attached hydrogen (secondary N) is 1. The van der Waals surface area contributed by atoms with Crippen molar-refractivity contribution in [1.82, 2.24) is 5.32 Å². The quantitative estimate of drug-likeness (QED) is 0.900. The molecule has 2 rings (SSSR count). The van der Waals surface area contributed by atoms with Gasteiger partial charge in [0.2, 0.25) is 0 Å². The smallest absolute Gasteiger partial charge is 0.251 e. The summed E-state index contributed by atoms with van der Waals surface area (Å²) in [6.07, 6.45) is 0. The van der Waals surface area contributed by atoms with Crippen LogP contribution in [0.5, 0.6) is 5.75 Å². The summed E-state index contributed by atoms with van der Waals surface area (Å²) in [5, 5.41) is 3.69. The van der Waals surface area contributed by atoms with Gasteiger partial charge >= 0.3 is 0 Å². The molecule has 1 amide bonds. The molecule has 0 heterocycles. The second-order valence-corrected chi connectivity index (χ2v) is 5.38. The van der Waals surface area contributed by atoms with E-state index in [0.717, 1.165) is 11.3 Å². The van der Waals surface area contributed by atoms with Gasteiger partial charge in [-0.1, -0.05) is 41.4 Å². The molecule has 0 bridgehead atoms. The number of carbonyl (C=O) groups is 1. The Morgan fingerprint density at radius 3 is 2.52 bits per heavy atom. The molecule has 1 N–H and O–H groups in total. The van der Waals surface area contributed by atoms with E-state index in [1.807, 2.05) is 31.2 Å². The summed E-state index contributed by atoms with van der Waals surface area (Å²) < 4.78 is 5.30. The van der Waals surface area contributed by atoms with Crippen LogP contribution in [0.4, 0.5) is 0 Å². The van der Waals surface area contributed by atoms with Gasteiger partial charge in [-0.3, -0.25) is 4.79 Å². The van der Waals surface area contributed by atoms with Crippen molar-refractivity contribution in [2.45, 2.75) is 13.0 Å². The molecule has 0 aliphatic rings. The van der Waals surface area contributed by atoms with Crippen molar-refractivity contribution in [2.24, 2.45) is 0 Å². The fourth-order valence-electron chi connectivity index (χ4n) is 2.02. The van der Waals surface area contributed by atoms with Crippen molar-refractivity contribution >= 4 is 29.1 Å². The fourth-order valence-corrected chi connectivity index (χ4v) is 2.32. The first-order valence-electron chi connectivity index (χ1n) is 6.41. The zero-order valence-corrected chi connectivity index (χ0v) is 13.2. The highest BCUT2D eigenvalue weighted by Gasteiger charge is 2.15. The van der Waals surface area contributed by atoms with Gasteiger partial charge in [-0.25, -0.2) is 0 Å². The van der Waals surface area contributed by atoms with Gasteiger partial charge in [0, 0.05) is 11.1 Å². The molecule has 0 aliphatic carbocycles. The van der Waals surface area contributed by atoms with Crippen LogP contribution >= 0.6 is 23.2 Å². The van der Waals surface area contributed by atoms with Crippen LogP contribution in [0, 0.1) is 0 Å². The standard InChI is InChI=1S/C16H15Cl2NO2/c1-10(12-5-3-4-6-15(12)21-2)19-16(20)11-7-8-13(17)14(18)9-11/h3-10H,1-2H3,(H,19,20)/t10-/m0/s1. The van der Waals surface area contributed by atoms with Crippen LogP contribution < -0.4 is 10.1 Å². The molecule has 0 radical (unpaired) electrons. The molecular weight excluding hydrogens is 309 g/mol. The first kappa shape index (κ1) is 15.7. The zero-order valence-electron chi connectivity index (χ0n) is 11.7. The van der Waals surface area contributed by atoms with Gasteiger partial charge in [-0.15, -0.1) is 0 Å². The maximum Gasteiger partial charge on any atom is 0.251 e. The highest BCUT2D eigenvalue weighted by Crippen LogP contribution is 2.26. The van der Waals surface area contributed by atoms with E-state index in [1.54, 1.807) is 25.3 Å². The Labute approximate surface area is 133 Å². The fraction of sp³-hybridized carbons (Fsp3) is 0.188. The second-order valence-electron chi connectivity index (χ2n) is 4.57. The van der Waals surface area contributed by atoms with E-state index in [0.29, 0.717) is 15.6 Å². The molecule has 2 aromatic carbocycles. The highest BCUT2D eigenvalue weighted by atomic mass is 35.5. The van der Waals surface area contributed by atoms with E-state index in [-0.39, 0.29) is 11.9 Å². The second kappa shape index (κ2) is 6.83. The predicted molar refractivity (Wildman–Crippen MR) is 85.3 cm³/mol. The number of halogens is 2. The van der Waals surface area contributed by atoms with Crippen molar-refractivity contribution in [3.63, 3.8) is 0 Å². The Bertz CT molecular complexity index is 658. The first-order chi connectivity index (χ1) is 10.0. The van der Waals surface area contributed by atoms with Crippen molar-refractivity contribution < 1.29 is 9.53 Å². The summed E-state index contributed by atoms with van der Waals surface area (Å²) in [6, 6.07) is 12.2. The molecule has 0 fully saturated rings. The number of amides is 1. The Hall–Kier alpha value is -1.71. The third kappa shape index (κ3) is 3.69. The van der Waals surface area contributed by atoms with Crippen molar-refractivity contribution in [1.29, 1.82) is 0 Å². The number of para-hydroxylation sites is 1. The minimum atomic E-state index is -0.216. The summed E-state index contributed by atoms with van der Waals surface area (Å²) in [4.78, 5) is 12.2. The lowest BCUT2D eigenvalue weighted by Gasteiger charge is -2.17. The summed E-state index contributed by atoms with van der Waals surface area (Å²) in [5.41, 5.74) is 1.37. The molecule has 0 aromatic heterocycles. The van der Waals surface area contributed by atoms with Gasteiger partial charge in [0.05, 0.1) is 23.2 Å². The SMILES string of the molecule is COc1ccccc1[C@H](C)NC(=O)c1ccc(Cl)c(Cl)c1. The average molecular weight is 324 g/mol. The molecule has 0 saturated heterocycles. The third-order valence-electron chi connectivity index (χ3n) is 3.13. The molecule has 2 aromatic rings. The molecule has 0 aliphatic heterocycles. The number of hydrogen-bond acceptors (Lipinski definition) is 2. The van der Waals surface area contributed by atoms with Crippen LogP contribution in [0.25, 0.3) is 0 Å². The lowest BCUT2D eigenvalue weighted by molar-refractivity contribution is 0.0939. The maximum absolute atomic E-state index is 12.2. The van der Waals surface area contributed by atoms with E-state index in [4.69, 9.17) is 27.9 Å². The molecule has 3 nitrogen and oxygen atoms in total. The summed E-state index contributed by atoms with van der Waals surface area (Å²) in [6.45, 7) is 1.90.